The van der Waals surface area contributed by atoms with E-state index < -0.39 is 6.04 Å². The van der Waals surface area contributed by atoms with Crippen molar-refractivity contribution in [3.8, 4) is 0 Å². The van der Waals surface area contributed by atoms with Crippen molar-refractivity contribution in [1.82, 2.24) is 10.2 Å². The van der Waals surface area contributed by atoms with Crippen molar-refractivity contribution in [2.75, 3.05) is 0 Å². The van der Waals surface area contributed by atoms with E-state index in [1.54, 1.807) is 4.90 Å². The lowest BCUT2D eigenvalue weighted by atomic mass is 9.95. The number of carbonyl (C=O) groups excluding carboxylic acids is 2. The van der Waals surface area contributed by atoms with Crippen molar-refractivity contribution in [2.45, 2.75) is 84.3 Å². The van der Waals surface area contributed by atoms with Crippen molar-refractivity contribution in [3.05, 3.63) is 35.4 Å². The molecule has 0 unspecified atom stereocenters. The summed E-state index contributed by atoms with van der Waals surface area (Å²) in [5.74, 6) is 0.0366. The van der Waals surface area contributed by atoms with E-state index in [1.807, 2.05) is 45.0 Å². The molecule has 0 spiro atoms. The van der Waals surface area contributed by atoms with Crippen LogP contribution in [0.2, 0.25) is 0 Å². The molecule has 138 valence electrons. The van der Waals surface area contributed by atoms with Crippen LogP contribution in [-0.4, -0.2) is 28.8 Å². The number of carbonyl (C=O) groups is 2. The van der Waals surface area contributed by atoms with Crippen molar-refractivity contribution in [1.29, 1.82) is 0 Å². The van der Waals surface area contributed by atoms with Gasteiger partial charge in [-0.15, -0.1) is 0 Å². The Bertz CT molecular complexity index is 562. The predicted octanol–water partition coefficient (Wildman–Crippen LogP) is 3.96. The number of amides is 2. The third-order valence-corrected chi connectivity index (χ3v) is 5.11. The first-order valence-electron chi connectivity index (χ1n) is 9.70. The molecule has 1 fully saturated rings. The van der Waals surface area contributed by atoms with Crippen LogP contribution in [0.1, 0.15) is 69.9 Å². The molecule has 0 radical (unpaired) electrons. The Morgan fingerprint density at radius 2 is 1.76 bits per heavy atom. The molecule has 25 heavy (non-hydrogen) atoms. The quantitative estimate of drug-likeness (QED) is 0.814. The average Bonchev–Trinajstić information content (AvgIpc) is 2.63. The standard InChI is InChI=1S/C21H32N2O2/c1-4-19(21(25)22-18-9-7-6-8-10-18)23(20(24)5-2)15-17-13-11-16(3)12-14-17/h11-14,18-19H,4-10,15H2,1-3H3,(H,22,25)/t19-/m0/s1. The van der Waals surface area contributed by atoms with E-state index in [2.05, 4.69) is 5.32 Å². The molecule has 1 saturated carbocycles. The molecule has 1 atom stereocenters. The van der Waals surface area contributed by atoms with E-state index in [-0.39, 0.29) is 17.9 Å². The zero-order valence-electron chi connectivity index (χ0n) is 15.9. The molecule has 1 N–H and O–H groups in total. The molecule has 0 bridgehead atoms. The highest BCUT2D eigenvalue weighted by Gasteiger charge is 2.29. The normalized spacial score (nSPS) is 16.3. The minimum atomic E-state index is -0.393. The number of benzene rings is 1. The van der Waals surface area contributed by atoms with Crippen LogP contribution < -0.4 is 5.32 Å². The van der Waals surface area contributed by atoms with E-state index in [1.165, 1.54) is 24.8 Å². The molecule has 1 aliphatic rings. The lowest BCUT2D eigenvalue weighted by Crippen LogP contribution is -2.51. The maximum Gasteiger partial charge on any atom is 0.243 e. The minimum Gasteiger partial charge on any atom is -0.352 e. The zero-order chi connectivity index (χ0) is 18.2. The van der Waals surface area contributed by atoms with Crippen molar-refractivity contribution < 1.29 is 9.59 Å². The lowest BCUT2D eigenvalue weighted by Gasteiger charge is -2.32. The molecule has 2 amide bonds. The van der Waals surface area contributed by atoms with Gasteiger partial charge in [0, 0.05) is 19.0 Å². The van der Waals surface area contributed by atoms with E-state index in [0.29, 0.717) is 19.4 Å². The smallest absolute Gasteiger partial charge is 0.243 e. The van der Waals surface area contributed by atoms with Crippen molar-refractivity contribution in [3.63, 3.8) is 0 Å². The first kappa shape index (κ1) is 19.5. The molecule has 1 aromatic carbocycles. The van der Waals surface area contributed by atoms with E-state index in [0.717, 1.165) is 18.4 Å². The van der Waals surface area contributed by atoms with Gasteiger partial charge < -0.3 is 10.2 Å². The first-order valence-corrected chi connectivity index (χ1v) is 9.70. The van der Waals surface area contributed by atoms with Gasteiger partial charge in [-0.2, -0.15) is 0 Å². The van der Waals surface area contributed by atoms with E-state index in [4.69, 9.17) is 0 Å². The SMILES string of the molecule is CCC(=O)N(Cc1ccc(C)cc1)[C@@H](CC)C(=O)NC1CCCCC1. The Labute approximate surface area is 152 Å². The van der Waals surface area contributed by atoms with E-state index >= 15 is 0 Å². The highest BCUT2D eigenvalue weighted by molar-refractivity contribution is 5.87. The molecule has 0 aromatic heterocycles. The summed E-state index contributed by atoms with van der Waals surface area (Å²) < 4.78 is 0. The molecular weight excluding hydrogens is 312 g/mol. The van der Waals surface area contributed by atoms with Gasteiger partial charge in [0.25, 0.3) is 0 Å². The van der Waals surface area contributed by atoms with Crippen LogP contribution in [0.4, 0.5) is 0 Å². The number of nitrogens with zero attached hydrogens (tertiary/aromatic N) is 1. The highest BCUT2D eigenvalue weighted by Crippen LogP contribution is 2.19. The fourth-order valence-electron chi connectivity index (χ4n) is 3.56. The third-order valence-electron chi connectivity index (χ3n) is 5.11. The number of aryl methyl sites for hydroxylation is 1. The van der Waals surface area contributed by atoms with Crippen molar-refractivity contribution >= 4 is 11.8 Å². The number of hydrogen-bond donors (Lipinski definition) is 1. The summed E-state index contributed by atoms with van der Waals surface area (Å²) in [6.07, 6.45) is 6.79. The molecule has 2 rings (SSSR count). The van der Waals surface area contributed by atoms with Gasteiger partial charge in [0.05, 0.1) is 0 Å². The second-order valence-electron chi connectivity index (χ2n) is 7.13. The first-order chi connectivity index (χ1) is 12.0. The molecule has 0 heterocycles. The largest absolute Gasteiger partial charge is 0.352 e. The zero-order valence-corrected chi connectivity index (χ0v) is 15.9. The van der Waals surface area contributed by atoms with Gasteiger partial charge in [0.15, 0.2) is 0 Å². The molecule has 0 saturated heterocycles. The summed E-state index contributed by atoms with van der Waals surface area (Å²) >= 11 is 0. The summed E-state index contributed by atoms with van der Waals surface area (Å²) in [5, 5.41) is 3.19. The number of nitrogens with one attached hydrogen (secondary N) is 1. The van der Waals surface area contributed by atoms with Crippen LogP contribution in [0.3, 0.4) is 0 Å². The summed E-state index contributed by atoms with van der Waals surface area (Å²) in [5.41, 5.74) is 2.26. The molecule has 1 aliphatic carbocycles. The Morgan fingerprint density at radius 1 is 1.12 bits per heavy atom. The predicted molar refractivity (Wildman–Crippen MR) is 101 cm³/mol. The Kier molecular flexibility index (Phi) is 7.48. The van der Waals surface area contributed by atoms with Crippen molar-refractivity contribution in [2.24, 2.45) is 0 Å². The van der Waals surface area contributed by atoms with E-state index in [9.17, 15) is 9.59 Å². The number of hydrogen-bond acceptors (Lipinski definition) is 2. The van der Waals surface area contributed by atoms with Crippen LogP contribution in [0.15, 0.2) is 24.3 Å². The molecule has 1 aromatic rings. The van der Waals surface area contributed by atoms with Gasteiger partial charge in [-0.05, 0) is 31.7 Å². The van der Waals surface area contributed by atoms with Crippen LogP contribution in [0.5, 0.6) is 0 Å². The van der Waals surface area contributed by atoms with Crippen LogP contribution in [-0.2, 0) is 16.1 Å². The summed E-state index contributed by atoms with van der Waals surface area (Å²) in [7, 11) is 0. The summed E-state index contributed by atoms with van der Waals surface area (Å²) in [6, 6.07) is 8.05. The topological polar surface area (TPSA) is 49.4 Å². The van der Waals surface area contributed by atoms with Gasteiger partial charge >= 0.3 is 0 Å². The Balaban J connectivity index is 2.10. The maximum absolute atomic E-state index is 12.8. The second-order valence-corrected chi connectivity index (χ2v) is 7.13. The van der Waals surface area contributed by atoms with Gasteiger partial charge in [0.2, 0.25) is 11.8 Å². The molecule has 4 heteroatoms. The van der Waals surface area contributed by atoms with Crippen LogP contribution >= 0.6 is 0 Å². The second kappa shape index (κ2) is 9.59. The fraction of sp³-hybridized carbons (Fsp3) is 0.619. The monoisotopic (exact) mass is 344 g/mol. The van der Waals surface area contributed by atoms with Gasteiger partial charge in [-0.1, -0.05) is 62.9 Å². The molecule has 0 aliphatic heterocycles. The van der Waals surface area contributed by atoms with Gasteiger partial charge in [-0.25, -0.2) is 0 Å². The summed E-state index contributed by atoms with van der Waals surface area (Å²) in [4.78, 5) is 27.1. The van der Waals surface area contributed by atoms with Crippen LogP contribution in [0, 0.1) is 6.92 Å². The highest BCUT2D eigenvalue weighted by atomic mass is 16.2. The number of rotatable bonds is 7. The minimum absolute atomic E-state index is 0.00307. The molecule has 4 nitrogen and oxygen atoms in total. The Hall–Kier alpha value is -1.84. The maximum atomic E-state index is 12.8. The van der Waals surface area contributed by atoms with Crippen LogP contribution in [0.25, 0.3) is 0 Å². The summed E-state index contributed by atoms with van der Waals surface area (Å²) in [6.45, 7) is 6.38. The average molecular weight is 344 g/mol. The third kappa shape index (κ3) is 5.58. The van der Waals surface area contributed by atoms with Gasteiger partial charge in [0.1, 0.15) is 6.04 Å². The van der Waals surface area contributed by atoms with Gasteiger partial charge in [-0.3, -0.25) is 9.59 Å². The Morgan fingerprint density at radius 3 is 2.32 bits per heavy atom. The molecular formula is C21H32N2O2. The fourth-order valence-corrected chi connectivity index (χ4v) is 3.56. The lowest BCUT2D eigenvalue weighted by molar-refractivity contribution is -0.141.